The molecule has 3 heterocycles. The minimum atomic E-state index is -0.277. The lowest BCUT2D eigenvalue weighted by molar-refractivity contribution is 0.180. The molecule has 0 bridgehead atoms. The van der Waals surface area contributed by atoms with Crippen LogP contribution in [0.25, 0.3) is 11.5 Å². The Morgan fingerprint density at radius 2 is 1.83 bits per heavy atom. The Balaban J connectivity index is 1.66. The highest BCUT2D eigenvalue weighted by Gasteiger charge is 2.35. The van der Waals surface area contributed by atoms with Crippen LogP contribution in [0.4, 0.5) is 4.79 Å². The number of aromatic nitrogens is 3. The number of hydrogen-bond acceptors (Lipinski definition) is 3. The molecule has 36 heavy (non-hydrogen) atoms. The molecule has 0 spiro atoms. The Morgan fingerprint density at radius 1 is 1.08 bits per heavy atom. The van der Waals surface area contributed by atoms with Crippen molar-refractivity contribution in [3.63, 3.8) is 0 Å². The molecule has 0 saturated heterocycles. The molecule has 7 heteroatoms. The Labute approximate surface area is 212 Å². The van der Waals surface area contributed by atoms with E-state index in [1.807, 2.05) is 65.0 Å². The van der Waals surface area contributed by atoms with Crippen LogP contribution < -0.4 is 10.1 Å². The summed E-state index contributed by atoms with van der Waals surface area (Å²) in [6.45, 7) is 7.43. The van der Waals surface area contributed by atoms with Gasteiger partial charge in [-0.3, -0.25) is 0 Å². The number of rotatable bonds is 6. The summed E-state index contributed by atoms with van der Waals surface area (Å²) in [5.41, 5.74) is 4.96. The van der Waals surface area contributed by atoms with Crippen LogP contribution in [0.3, 0.4) is 0 Å². The van der Waals surface area contributed by atoms with Crippen molar-refractivity contribution in [2.75, 3.05) is 13.7 Å². The van der Waals surface area contributed by atoms with Crippen molar-refractivity contribution in [2.24, 2.45) is 5.92 Å². The molecular weight excluding hydrogens is 450 g/mol. The van der Waals surface area contributed by atoms with Gasteiger partial charge in [0.1, 0.15) is 11.6 Å². The lowest BCUT2D eigenvalue weighted by atomic mass is 10.0. The molecule has 0 saturated carbocycles. The average Bonchev–Trinajstić information content (AvgIpc) is 3.45. The SMILES string of the molecule is COc1ccc([C@@H]2c3cccn3-c3c(c(C)nn3-c3ccccc3)CN2C(=O)NCCC(C)C)cc1. The van der Waals surface area contributed by atoms with Crippen LogP contribution in [0, 0.1) is 12.8 Å². The van der Waals surface area contributed by atoms with Crippen molar-refractivity contribution in [3.8, 4) is 17.3 Å². The zero-order valence-electron chi connectivity index (χ0n) is 21.3. The number of nitrogens with one attached hydrogen (secondary N) is 1. The molecule has 4 aromatic rings. The number of amides is 2. The molecule has 2 aromatic carbocycles. The van der Waals surface area contributed by atoms with Gasteiger partial charge >= 0.3 is 6.03 Å². The summed E-state index contributed by atoms with van der Waals surface area (Å²) in [6, 6.07) is 21.9. The quantitative estimate of drug-likeness (QED) is 0.386. The third-order valence-electron chi connectivity index (χ3n) is 6.78. The van der Waals surface area contributed by atoms with Crippen LogP contribution in [0.5, 0.6) is 5.75 Å². The fourth-order valence-electron chi connectivity index (χ4n) is 4.86. The topological polar surface area (TPSA) is 64.3 Å². The van der Waals surface area contributed by atoms with Gasteiger partial charge in [0.15, 0.2) is 0 Å². The molecule has 2 amide bonds. The van der Waals surface area contributed by atoms with E-state index in [9.17, 15) is 4.79 Å². The summed E-state index contributed by atoms with van der Waals surface area (Å²) in [6.07, 6.45) is 2.99. The van der Waals surface area contributed by atoms with Gasteiger partial charge in [-0.2, -0.15) is 5.10 Å². The highest BCUT2D eigenvalue weighted by Crippen LogP contribution is 2.38. The van der Waals surface area contributed by atoms with Gasteiger partial charge in [0.2, 0.25) is 0 Å². The predicted octanol–water partition coefficient (Wildman–Crippen LogP) is 5.64. The normalized spacial score (nSPS) is 14.8. The van der Waals surface area contributed by atoms with Crippen LogP contribution in [-0.4, -0.2) is 38.9 Å². The largest absolute Gasteiger partial charge is 0.497 e. The van der Waals surface area contributed by atoms with E-state index in [0.717, 1.165) is 46.2 Å². The molecule has 186 valence electrons. The summed E-state index contributed by atoms with van der Waals surface area (Å²) in [7, 11) is 1.66. The highest BCUT2D eigenvalue weighted by atomic mass is 16.5. The zero-order chi connectivity index (χ0) is 25.2. The number of carbonyl (C=O) groups is 1. The maximum atomic E-state index is 13.7. The van der Waals surface area contributed by atoms with E-state index >= 15 is 0 Å². The van der Waals surface area contributed by atoms with Gasteiger partial charge in [0.25, 0.3) is 0 Å². The first-order chi connectivity index (χ1) is 17.5. The van der Waals surface area contributed by atoms with E-state index in [1.54, 1.807) is 7.11 Å². The Bertz CT molecular complexity index is 1340. The van der Waals surface area contributed by atoms with Gasteiger partial charge in [-0.25, -0.2) is 9.48 Å². The number of carbonyl (C=O) groups excluding carboxylic acids is 1. The molecule has 0 aliphatic carbocycles. The standard InChI is InChI=1S/C29H33N5O2/c1-20(2)16-17-30-29(35)33-19-25-21(3)31-34(23-9-6-5-7-10-23)28(25)32-18-8-11-26(32)27(33)22-12-14-24(36-4)15-13-22/h5-15,18,20,27H,16-17,19H2,1-4H3,(H,30,35)/t27-/m1/s1. The lowest BCUT2D eigenvalue weighted by Gasteiger charge is -2.31. The summed E-state index contributed by atoms with van der Waals surface area (Å²) < 4.78 is 9.56. The first-order valence-electron chi connectivity index (χ1n) is 12.5. The fourth-order valence-corrected chi connectivity index (χ4v) is 4.86. The molecular formula is C29H33N5O2. The third kappa shape index (κ3) is 4.37. The van der Waals surface area contributed by atoms with Crippen molar-refractivity contribution in [3.05, 3.63) is 95.4 Å². The molecule has 0 unspecified atom stereocenters. The van der Waals surface area contributed by atoms with Gasteiger partial charge in [0.05, 0.1) is 36.8 Å². The molecule has 1 aliphatic rings. The van der Waals surface area contributed by atoms with E-state index in [0.29, 0.717) is 19.0 Å². The maximum Gasteiger partial charge on any atom is 0.318 e. The van der Waals surface area contributed by atoms with E-state index in [4.69, 9.17) is 9.84 Å². The molecule has 1 N–H and O–H groups in total. The van der Waals surface area contributed by atoms with Gasteiger partial charge in [-0.1, -0.05) is 44.2 Å². The molecule has 1 aliphatic heterocycles. The Morgan fingerprint density at radius 3 is 2.53 bits per heavy atom. The zero-order valence-corrected chi connectivity index (χ0v) is 21.3. The number of fused-ring (bicyclic) bond motifs is 3. The number of urea groups is 1. The van der Waals surface area contributed by atoms with Gasteiger partial charge in [-0.05, 0) is 61.2 Å². The summed E-state index contributed by atoms with van der Waals surface area (Å²) in [4.78, 5) is 15.7. The second kappa shape index (κ2) is 9.93. The molecule has 7 nitrogen and oxygen atoms in total. The van der Waals surface area contributed by atoms with Gasteiger partial charge in [0, 0.05) is 18.3 Å². The van der Waals surface area contributed by atoms with E-state index < -0.39 is 0 Å². The smallest absolute Gasteiger partial charge is 0.318 e. The molecule has 0 fully saturated rings. The number of para-hydroxylation sites is 1. The van der Waals surface area contributed by atoms with Crippen molar-refractivity contribution >= 4 is 6.03 Å². The predicted molar refractivity (Wildman–Crippen MR) is 141 cm³/mol. The van der Waals surface area contributed by atoms with Crippen LogP contribution >= 0.6 is 0 Å². The Hall–Kier alpha value is -4.00. The monoisotopic (exact) mass is 483 g/mol. The molecule has 2 aromatic heterocycles. The second-order valence-electron chi connectivity index (χ2n) is 9.66. The van der Waals surface area contributed by atoms with Gasteiger partial charge < -0.3 is 19.5 Å². The highest BCUT2D eigenvalue weighted by molar-refractivity contribution is 5.76. The van der Waals surface area contributed by atoms with E-state index in [2.05, 4.69) is 48.1 Å². The Kier molecular flexibility index (Phi) is 6.55. The van der Waals surface area contributed by atoms with Crippen molar-refractivity contribution < 1.29 is 9.53 Å². The van der Waals surface area contributed by atoms with E-state index in [1.165, 1.54) is 0 Å². The first-order valence-corrected chi connectivity index (χ1v) is 12.5. The number of benzene rings is 2. The lowest BCUT2D eigenvalue weighted by Crippen LogP contribution is -2.42. The van der Waals surface area contributed by atoms with Crippen LogP contribution in [0.15, 0.2) is 72.9 Å². The number of methoxy groups -OCH3 is 1. The number of aryl methyl sites for hydroxylation is 1. The van der Waals surface area contributed by atoms with E-state index in [-0.39, 0.29) is 12.1 Å². The van der Waals surface area contributed by atoms with Crippen LogP contribution in [-0.2, 0) is 6.54 Å². The minimum absolute atomic E-state index is 0.0797. The van der Waals surface area contributed by atoms with Crippen molar-refractivity contribution in [1.82, 2.24) is 24.6 Å². The van der Waals surface area contributed by atoms with Gasteiger partial charge in [-0.15, -0.1) is 0 Å². The number of hydrogen-bond donors (Lipinski definition) is 1. The minimum Gasteiger partial charge on any atom is -0.497 e. The van der Waals surface area contributed by atoms with Crippen molar-refractivity contribution in [1.29, 1.82) is 0 Å². The maximum absolute atomic E-state index is 13.7. The molecule has 5 rings (SSSR count). The van der Waals surface area contributed by atoms with Crippen LogP contribution in [0.2, 0.25) is 0 Å². The summed E-state index contributed by atoms with van der Waals surface area (Å²) in [5, 5.41) is 8.07. The number of ether oxygens (including phenoxy) is 1. The first kappa shape index (κ1) is 23.7. The number of nitrogens with zero attached hydrogens (tertiary/aromatic N) is 4. The average molecular weight is 484 g/mol. The molecule has 1 atom stereocenters. The third-order valence-corrected chi connectivity index (χ3v) is 6.78. The fraction of sp³-hybridized carbons (Fsp3) is 0.310. The molecule has 0 radical (unpaired) electrons. The summed E-state index contributed by atoms with van der Waals surface area (Å²) >= 11 is 0. The second-order valence-corrected chi connectivity index (χ2v) is 9.66. The van der Waals surface area contributed by atoms with Crippen LogP contribution in [0.1, 0.15) is 48.8 Å². The van der Waals surface area contributed by atoms with Crippen molar-refractivity contribution in [2.45, 2.75) is 39.8 Å². The summed E-state index contributed by atoms with van der Waals surface area (Å²) in [5.74, 6) is 2.27.